The van der Waals surface area contributed by atoms with Crippen LogP contribution in [0.3, 0.4) is 0 Å². The number of hydrogen-bond acceptors (Lipinski definition) is 9. The molecule has 3 fully saturated rings. The van der Waals surface area contributed by atoms with Gasteiger partial charge in [-0.25, -0.2) is 9.67 Å². The summed E-state index contributed by atoms with van der Waals surface area (Å²) in [4.78, 5) is 33.6. The molecule has 30 heavy (non-hydrogen) atoms. The summed E-state index contributed by atoms with van der Waals surface area (Å²) >= 11 is 1.26. The van der Waals surface area contributed by atoms with Crippen molar-refractivity contribution >= 4 is 41.9 Å². The fourth-order valence-electron chi connectivity index (χ4n) is 4.66. The number of amides is 1. The molecule has 10 nitrogen and oxygen atoms in total. The van der Waals surface area contributed by atoms with Crippen LogP contribution >= 0.6 is 11.8 Å². The minimum absolute atomic E-state index is 0. The number of fused-ring (bicyclic) bond motifs is 4. The molecule has 0 radical (unpaired) electrons. The third-order valence-corrected chi connectivity index (χ3v) is 7.11. The van der Waals surface area contributed by atoms with Gasteiger partial charge in [0.15, 0.2) is 11.6 Å². The molecule has 0 N–H and O–H groups in total. The first-order chi connectivity index (χ1) is 14.0. The number of β-lactam (4-membered cyclic amide) rings is 1. The third kappa shape index (κ3) is 2.94. The number of ether oxygens (including phenoxy) is 2. The normalized spacial score (nSPS) is 31.7. The molecule has 1 aromatic rings. The zero-order valence-corrected chi connectivity index (χ0v) is 19.0. The number of carboxylic acid groups (broad SMARTS) is 1. The van der Waals surface area contributed by atoms with E-state index in [1.807, 2.05) is 10.9 Å². The summed E-state index contributed by atoms with van der Waals surface area (Å²) in [6, 6.07) is 0.126. The quantitative estimate of drug-likeness (QED) is 0.272. The molecule has 1 aromatic heterocycles. The molecule has 0 aromatic carbocycles. The Hall–Kier alpha value is -1.50. The predicted molar refractivity (Wildman–Crippen MR) is 98.5 cm³/mol. The van der Waals surface area contributed by atoms with Crippen LogP contribution in [0.1, 0.15) is 31.1 Å². The van der Waals surface area contributed by atoms with Gasteiger partial charge in [-0.3, -0.25) is 9.69 Å². The number of thioether (sulfide) groups is 1. The molecule has 1 aliphatic carbocycles. The second-order valence-corrected chi connectivity index (χ2v) is 8.58. The van der Waals surface area contributed by atoms with E-state index in [2.05, 4.69) is 15.1 Å². The molecule has 1 saturated carbocycles. The van der Waals surface area contributed by atoms with Crippen LogP contribution in [0.5, 0.6) is 0 Å². The largest absolute Gasteiger partial charge is 1.00 e. The maximum Gasteiger partial charge on any atom is 1.00 e. The Bertz CT molecular complexity index is 1030. The van der Waals surface area contributed by atoms with E-state index in [0.29, 0.717) is 30.6 Å². The van der Waals surface area contributed by atoms with Gasteiger partial charge in [0.05, 0.1) is 36.5 Å². The van der Waals surface area contributed by atoms with E-state index in [0.717, 1.165) is 19.3 Å². The van der Waals surface area contributed by atoms with E-state index in [1.54, 1.807) is 6.08 Å². The number of hydrogen-bond donors (Lipinski definition) is 0. The Labute approximate surface area is 197 Å². The van der Waals surface area contributed by atoms with E-state index >= 15 is 0 Å². The van der Waals surface area contributed by atoms with Gasteiger partial charge in [0.2, 0.25) is 5.95 Å². The molecule has 6 rings (SSSR count). The number of carbonyl (C=O) groups is 2. The SMILES string of the molecule is O=C([O-])C1=CS[C@@H]2/C(=C\c3nc4n(n3)C3CCC5(CC3C=N4)OCCO5)C(=O)N12.[Na+]. The summed E-state index contributed by atoms with van der Waals surface area (Å²) in [6.45, 7) is 1.25. The van der Waals surface area contributed by atoms with E-state index in [1.165, 1.54) is 22.1 Å². The van der Waals surface area contributed by atoms with Crippen molar-refractivity contribution in [1.29, 1.82) is 0 Å². The zero-order chi connectivity index (χ0) is 19.8. The van der Waals surface area contributed by atoms with Crippen LogP contribution in [0.4, 0.5) is 5.95 Å². The van der Waals surface area contributed by atoms with Gasteiger partial charge in [-0.15, -0.1) is 16.9 Å². The number of carbonyl (C=O) groups excluding carboxylic acids is 2. The number of aliphatic imine (C=N–C) groups is 1. The van der Waals surface area contributed by atoms with Crippen LogP contribution < -0.4 is 34.7 Å². The van der Waals surface area contributed by atoms with Gasteiger partial charge < -0.3 is 19.4 Å². The average Bonchev–Trinajstić information content (AvgIpc) is 3.42. The van der Waals surface area contributed by atoms with Gasteiger partial charge in [0.25, 0.3) is 5.91 Å². The number of carboxylic acids is 1. The van der Waals surface area contributed by atoms with E-state index in [4.69, 9.17) is 9.47 Å². The smallest absolute Gasteiger partial charge is 0.543 e. The fraction of sp³-hybridized carbons (Fsp3) is 0.500. The van der Waals surface area contributed by atoms with Gasteiger partial charge in [0, 0.05) is 25.0 Å². The molecule has 1 spiro atoms. The molecule has 4 aliphatic heterocycles. The Morgan fingerprint density at radius 3 is 2.93 bits per heavy atom. The Morgan fingerprint density at radius 1 is 1.37 bits per heavy atom. The Morgan fingerprint density at radius 2 is 2.17 bits per heavy atom. The number of aromatic nitrogens is 3. The van der Waals surface area contributed by atoms with Crippen molar-refractivity contribution in [2.75, 3.05) is 13.2 Å². The fourth-order valence-corrected chi connectivity index (χ4v) is 5.77. The van der Waals surface area contributed by atoms with Crippen molar-refractivity contribution in [2.45, 2.75) is 36.5 Å². The minimum atomic E-state index is -1.35. The maximum atomic E-state index is 12.4. The van der Waals surface area contributed by atoms with E-state index in [-0.39, 0.29) is 58.5 Å². The summed E-state index contributed by atoms with van der Waals surface area (Å²) < 4.78 is 13.5. The molecule has 1 amide bonds. The molecule has 150 valence electrons. The Balaban J connectivity index is 0.00000193. The summed E-state index contributed by atoms with van der Waals surface area (Å²) in [6.07, 6.45) is 5.89. The first-order valence-electron chi connectivity index (χ1n) is 9.45. The summed E-state index contributed by atoms with van der Waals surface area (Å²) in [5, 5.41) is 16.7. The van der Waals surface area contributed by atoms with Crippen molar-refractivity contribution < 1.29 is 53.7 Å². The predicted octanol–water partition coefficient (Wildman–Crippen LogP) is -3.03. The van der Waals surface area contributed by atoms with Crippen LogP contribution in [0, 0.1) is 5.92 Å². The molecule has 3 atom stereocenters. The minimum Gasteiger partial charge on any atom is -0.543 e. The van der Waals surface area contributed by atoms with E-state index < -0.39 is 11.8 Å². The first-order valence-corrected chi connectivity index (χ1v) is 10.4. The van der Waals surface area contributed by atoms with Crippen LogP contribution in [0.25, 0.3) is 6.08 Å². The molecule has 2 saturated heterocycles. The average molecular weight is 437 g/mol. The maximum absolute atomic E-state index is 12.4. The second-order valence-electron chi connectivity index (χ2n) is 7.63. The van der Waals surface area contributed by atoms with Gasteiger partial charge in [0.1, 0.15) is 5.37 Å². The summed E-state index contributed by atoms with van der Waals surface area (Å²) in [5.74, 6) is -1.15. The standard InChI is InChI=1S/C18H17N5O5S.Na/c24-14-10(15-22(14)12(8-29-15)16(25)26)5-13-20-17-19-7-9-6-18(27-3-4-28-18)2-1-11(9)23(17)21-13;/h5,7-9,11,15H,1-4,6H2,(H,25,26);/q;+1/p-1/b10-5-;/t9?,11?,15-;/m1./s1. The van der Waals surface area contributed by atoms with Gasteiger partial charge in [-0.05, 0) is 17.9 Å². The zero-order valence-electron chi connectivity index (χ0n) is 16.2. The monoisotopic (exact) mass is 437 g/mol. The molecule has 5 aliphatic rings. The van der Waals surface area contributed by atoms with Crippen molar-refractivity contribution in [3.8, 4) is 0 Å². The molecule has 0 bridgehead atoms. The molecule has 5 heterocycles. The van der Waals surface area contributed by atoms with Gasteiger partial charge in [-0.1, -0.05) is 0 Å². The number of aliphatic carboxylic acids is 1. The van der Waals surface area contributed by atoms with Gasteiger partial charge >= 0.3 is 29.6 Å². The van der Waals surface area contributed by atoms with Gasteiger partial charge in [-0.2, -0.15) is 4.98 Å². The number of rotatable bonds is 2. The van der Waals surface area contributed by atoms with Crippen molar-refractivity contribution in [3.05, 3.63) is 22.5 Å². The summed E-state index contributed by atoms with van der Waals surface area (Å²) in [7, 11) is 0. The van der Waals surface area contributed by atoms with Crippen LogP contribution in [0.15, 0.2) is 21.7 Å². The first kappa shape index (κ1) is 20.4. The topological polar surface area (TPSA) is 122 Å². The van der Waals surface area contributed by atoms with Crippen LogP contribution in [0.2, 0.25) is 0 Å². The molecule has 2 unspecified atom stereocenters. The Kier molecular flexibility index (Phi) is 4.95. The molecular weight excluding hydrogens is 421 g/mol. The van der Waals surface area contributed by atoms with Crippen molar-refractivity contribution in [3.63, 3.8) is 0 Å². The third-order valence-electron chi connectivity index (χ3n) is 6.03. The van der Waals surface area contributed by atoms with Crippen molar-refractivity contribution in [1.82, 2.24) is 19.7 Å². The van der Waals surface area contributed by atoms with Crippen LogP contribution in [-0.2, 0) is 19.1 Å². The molecular formula is C18H16N5NaO5S. The number of nitrogens with zero attached hydrogens (tertiary/aromatic N) is 5. The summed E-state index contributed by atoms with van der Waals surface area (Å²) in [5.41, 5.74) is 0.375. The van der Waals surface area contributed by atoms with E-state index in [9.17, 15) is 14.7 Å². The van der Waals surface area contributed by atoms with Crippen molar-refractivity contribution in [2.24, 2.45) is 10.9 Å². The van der Waals surface area contributed by atoms with Crippen LogP contribution in [-0.4, -0.2) is 62.1 Å². The second kappa shape index (κ2) is 7.28. The molecule has 12 heteroatoms.